The van der Waals surface area contributed by atoms with Crippen molar-refractivity contribution in [3.8, 4) is 5.69 Å². The monoisotopic (exact) mass is 486 g/mol. The molecular formula is C24H27ClN4O3S. The lowest BCUT2D eigenvalue weighted by Gasteiger charge is -2.30. The molecule has 33 heavy (non-hydrogen) atoms. The SMILES string of the molecule is Cc1nn(-c2ccccc2)c(C)c1NC(=O)c1ccc(Cl)c(S(=O)(=O)N2CCCC(C)C2)c1. The first kappa shape index (κ1) is 23.5. The molecule has 1 N–H and O–H groups in total. The summed E-state index contributed by atoms with van der Waals surface area (Å²) in [6.45, 7) is 6.63. The van der Waals surface area contributed by atoms with Gasteiger partial charge < -0.3 is 5.32 Å². The Kier molecular flexibility index (Phi) is 6.61. The Bertz CT molecular complexity index is 1290. The molecule has 0 radical (unpaired) electrons. The second-order valence-electron chi connectivity index (χ2n) is 8.50. The van der Waals surface area contributed by atoms with Crippen molar-refractivity contribution in [1.29, 1.82) is 0 Å². The number of carbonyl (C=O) groups is 1. The van der Waals surface area contributed by atoms with Crippen molar-refractivity contribution in [1.82, 2.24) is 14.1 Å². The molecule has 1 unspecified atom stereocenters. The zero-order valence-electron chi connectivity index (χ0n) is 18.9. The molecular weight excluding hydrogens is 460 g/mol. The Morgan fingerprint density at radius 1 is 1.15 bits per heavy atom. The topological polar surface area (TPSA) is 84.3 Å². The van der Waals surface area contributed by atoms with Gasteiger partial charge in [-0.15, -0.1) is 0 Å². The van der Waals surface area contributed by atoms with Gasteiger partial charge in [0.05, 0.1) is 27.8 Å². The number of halogens is 1. The van der Waals surface area contributed by atoms with Crippen LogP contribution < -0.4 is 5.32 Å². The predicted octanol–water partition coefficient (Wildman–Crippen LogP) is 4.82. The quantitative estimate of drug-likeness (QED) is 0.560. The highest BCUT2D eigenvalue weighted by Gasteiger charge is 2.31. The number of amides is 1. The van der Waals surface area contributed by atoms with Gasteiger partial charge in [-0.1, -0.05) is 36.7 Å². The molecule has 1 amide bonds. The molecule has 1 fully saturated rings. The molecule has 7 nitrogen and oxygen atoms in total. The van der Waals surface area contributed by atoms with Crippen LogP contribution in [0.15, 0.2) is 53.4 Å². The first-order valence-corrected chi connectivity index (χ1v) is 12.7. The molecule has 0 bridgehead atoms. The van der Waals surface area contributed by atoms with Crippen LogP contribution in [0, 0.1) is 19.8 Å². The Morgan fingerprint density at radius 3 is 2.58 bits per heavy atom. The highest BCUT2D eigenvalue weighted by molar-refractivity contribution is 7.89. The number of aryl methyl sites for hydroxylation is 1. The van der Waals surface area contributed by atoms with Crippen LogP contribution >= 0.6 is 11.6 Å². The smallest absolute Gasteiger partial charge is 0.255 e. The van der Waals surface area contributed by atoms with Crippen LogP contribution in [-0.2, 0) is 10.0 Å². The number of piperidine rings is 1. The minimum atomic E-state index is -3.80. The standard InChI is InChI=1S/C24H27ClN4O3S/c1-16-8-7-13-28(15-16)33(31,32)22-14-19(11-12-21(22)25)24(30)26-23-17(2)27-29(18(23)3)20-9-5-4-6-10-20/h4-6,9-12,14,16H,7-8,13,15H2,1-3H3,(H,26,30). The number of nitrogens with zero attached hydrogens (tertiary/aromatic N) is 3. The maximum Gasteiger partial charge on any atom is 0.255 e. The lowest BCUT2D eigenvalue weighted by molar-refractivity contribution is 0.102. The Balaban J connectivity index is 1.62. The molecule has 0 saturated carbocycles. The number of hydrogen-bond donors (Lipinski definition) is 1. The van der Waals surface area contributed by atoms with E-state index in [-0.39, 0.29) is 21.4 Å². The number of benzene rings is 2. The first-order chi connectivity index (χ1) is 15.7. The van der Waals surface area contributed by atoms with Crippen LogP contribution in [0.25, 0.3) is 5.69 Å². The zero-order valence-corrected chi connectivity index (χ0v) is 20.4. The van der Waals surface area contributed by atoms with E-state index in [1.165, 1.54) is 22.5 Å². The Hall–Kier alpha value is -2.68. The van der Waals surface area contributed by atoms with E-state index in [0.717, 1.165) is 24.2 Å². The number of nitrogens with one attached hydrogen (secondary N) is 1. The summed E-state index contributed by atoms with van der Waals surface area (Å²) in [6.07, 6.45) is 1.81. The summed E-state index contributed by atoms with van der Waals surface area (Å²) in [7, 11) is -3.80. The minimum Gasteiger partial charge on any atom is -0.319 e. The number of aromatic nitrogens is 2. The van der Waals surface area contributed by atoms with Crippen molar-refractivity contribution in [3.05, 3.63) is 70.5 Å². The summed E-state index contributed by atoms with van der Waals surface area (Å²) < 4.78 is 29.7. The van der Waals surface area contributed by atoms with E-state index in [2.05, 4.69) is 10.4 Å². The van der Waals surface area contributed by atoms with E-state index < -0.39 is 15.9 Å². The van der Waals surface area contributed by atoms with Crippen LogP contribution in [0.5, 0.6) is 0 Å². The number of rotatable bonds is 5. The van der Waals surface area contributed by atoms with E-state index in [0.29, 0.717) is 24.5 Å². The van der Waals surface area contributed by atoms with Crippen molar-refractivity contribution in [2.45, 2.75) is 38.5 Å². The molecule has 9 heteroatoms. The number of para-hydroxylation sites is 1. The highest BCUT2D eigenvalue weighted by atomic mass is 35.5. The van der Waals surface area contributed by atoms with Gasteiger partial charge >= 0.3 is 0 Å². The van der Waals surface area contributed by atoms with E-state index in [4.69, 9.17) is 11.6 Å². The maximum atomic E-state index is 13.3. The first-order valence-electron chi connectivity index (χ1n) is 10.9. The summed E-state index contributed by atoms with van der Waals surface area (Å²) in [6, 6.07) is 14.0. The normalized spacial score (nSPS) is 17.2. The van der Waals surface area contributed by atoms with Gasteiger partial charge in [-0.25, -0.2) is 13.1 Å². The molecule has 1 saturated heterocycles. The second-order valence-corrected chi connectivity index (χ2v) is 10.8. The van der Waals surface area contributed by atoms with Crippen LogP contribution in [0.3, 0.4) is 0 Å². The summed E-state index contributed by atoms with van der Waals surface area (Å²) in [5, 5.41) is 7.55. The van der Waals surface area contributed by atoms with Crippen LogP contribution in [0.2, 0.25) is 5.02 Å². The van der Waals surface area contributed by atoms with Crippen LogP contribution in [0.1, 0.15) is 41.5 Å². The van der Waals surface area contributed by atoms with Crippen molar-refractivity contribution in [2.24, 2.45) is 5.92 Å². The van der Waals surface area contributed by atoms with E-state index in [1.807, 2.05) is 51.1 Å². The van der Waals surface area contributed by atoms with Crippen molar-refractivity contribution < 1.29 is 13.2 Å². The molecule has 174 valence electrons. The van der Waals surface area contributed by atoms with Crippen molar-refractivity contribution >= 4 is 33.2 Å². The van der Waals surface area contributed by atoms with Gasteiger partial charge in [0, 0.05) is 18.7 Å². The zero-order chi connectivity index (χ0) is 23.8. The minimum absolute atomic E-state index is 0.0423. The van der Waals surface area contributed by atoms with Crippen molar-refractivity contribution in [3.63, 3.8) is 0 Å². The lowest BCUT2D eigenvalue weighted by Crippen LogP contribution is -2.39. The average Bonchev–Trinajstić information content (AvgIpc) is 3.08. The number of carbonyl (C=O) groups excluding carboxylic acids is 1. The lowest BCUT2D eigenvalue weighted by atomic mass is 10.0. The third-order valence-electron chi connectivity index (χ3n) is 5.96. The van der Waals surface area contributed by atoms with Crippen molar-refractivity contribution in [2.75, 3.05) is 18.4 Å². The summed E-state index contributed by atoms with van der Waals surface area (Å²) in [5.74, 6) is -0.139. The third-order valence-corrected chi connectivity index (χ3v) is 8.31. The van der Waals surface area contributed by atoms with E-state index in [9.17, 15) is 13.2 Å². The van der Waals surface area contributed by atoms with Gasteiger partial charge in [-0.05, 0) is 62.9 Å². The Morgan fingerprint density at radius 2 is 1.88 bits per heavy atom. The van der Waals surface area contributed by atoms with Gasteiger partial charge in [-0.2, -0.15) is 9.40 Å². The molecule has 1 aliphatic rings. The largest absolute Gasteiger partial charge is 0.319 e. The third kappa shape index (κ3) is 4.69. The average molecular weight is 487 g/mol. The van der Waals surface area contributed by atoms with Crippen LogP contribution in [0.4, 0.5) is 5.69 Å². The van der Waals surface area contributed by atoms with Gasteiger partial charge in [-0.3, -0.25) is 4.79 Å². The molecule has 2 heterocycles. The molecule has 1 aliphatic heterocycles. The van der Waals surface area contributed by atoms with Gasteiger partial charge in [0.15, 0.2) is 0 Å². The number of hydrogen-bond acceptors (Lipinski definition) is 4. The molecule has 1 aromatic heterocycles. The van der Waals surface area contributed by atoms with E-state index in [1.54, 1.807) is 4.68 Å². The molecule has 1 atom stereocenters. The predicted molar refractivity (Wildman–Crippen MR) is 130 cm³/mol. The molecule has 3 aromatic rings. The van der Waals surface area contributed by atoms with E-state index >= 15 is 0 Å². The van der Waals surface area contributed by atoms with Gasteiger partial charge in [0.25, 0.3) is 5.91 Å². The maximum absolute atomic E-state index is 13.3. The summed E-state index contributed by atoms with van der Waals surface area (Å²) >= 11 is 6.27. The molecule has 4 rings (SSSR count). The highest BCUT2D eigenvalue weighted by Crippen LogP contribution is 2.30. The number of sulfonamides is 1. The summed E-state index contributed by atoms with van der Waals surface area (Å²) in [4.78, 5) is 13.0. The number of anilines is 1. The van der Waals surface area contributed by atoms with Gasteiger partial charge in [0.1, 0.15) is 4.90 Å². The molecule has 2 aromatic carbocycles. The molecule has 0 aliphatic carbocycles. The Labute approximate surface area is 199 Å². The fourth-order valence-electron chi connectivity index (χ4n) is 4.18. The second kappa shape index (κ2) is 9.29. The fourth-order valence-corrected chi connectivity index (χ4v) is 6.27. The van der Waals surface area contributed by atoms with Crippen LogP contribution in [-0.4, -0.2) is 41.5 Å². The van der Waals surface area contributed by atoms with Gasteiger partial charge in [0.2, 0.25) is 10.0 Å². The fraction of sp³-hybridized carbons (Fsp3) is 0.333. The molecule has 0 spiro atoms. The summed E-state index contributed by atoms with van der Waals surface area (Å²) in [5.41, 5.74) is 3.13.